The van der Waals surface area contributed by atoms with Gasteiger partial charge in [0.15, 0.2) is 5.76 Å². The molecule has 0 aliphatic carbocycles. The minimum absolute atomic E-state index is 0.0965. The number of nitrogens with zero attached hydrogens (tertiary/aromatic N) is 1. The van der Waals surface area contributed by atoms with E-state index >= 15 is 0 Å². The van der Waals surface area contributed by atoms with Crippen LogP contribution in [0.3, 0.4) is 0 Å². The summed E-state index contributed by atoms with van der Waals surface area (Å²) in [6.07, 6.45) is 6.16. The third-order valence-corrected chi connectivity index (χ3v) is 3.43. The Morgan fingerprint density at radius 2 is 2.05 bits per heavy atom. The zero-order valence-corrected chi connectivity index (χ0v) is 12.9. The maximum Gasteiger partial charge on any atom is 0.286 e. The Balaban J connectivity index is 1.87. The lowest BCUT2D eigenvalue weighted by atomic mass is 10.2. The first kappa shape index (κ1) is 16.1. The lowest BCUT2D eigenvalue weighted by Crippen LogP contribution is -2.24. The SMILES string of the molecule is CCCCCCNC(=O)c1ccc(Cn2ccccc2=O)o1. The maximum atomic E-state index is 11.9. The van der Waals surface area contributed by atoms with Gasteiger partial charge in [0.1, 0.15) is 5.76 Å². The van der Waals surface area contributed by atoms with Crippen LogP contribution in [0.5, 0.6) is 0 Å². The molecule has 2 aromatic rings. The van der Waals surface area contributed by atoms with Crippen LogP contribution in [0.4, 0.5) is 0 Å². The summed E-state index contributed by atoms with van der Waals surface area (Å²) >= 11 is 0. The molecule has 118 valence electrons. The van der Waals surface area contributed by atoms with Crippen molar-refractivity contribution in [3.8, 4) is 0 Å². The molecule has 0 aliphatic rings. The Hall–Kier alpha value is -2.30. The molecule has 0 saturated heterocycles. The number of furan rings is 1. The van der Waals surface area contributed by atoms with Gasteiger partial charge in [0.2, 0.25) is 0 Å². The van der Waals surface area contributed by atoms with Crippen molar-refractivity contribution in [2.24, 2.45) is 0 Å². The van der Waals surface area contributed by atoms with Crippen molar-refractivity contribution in [3.05, 3.63) is 58.4 Å². The van der Waals surface area contributed by atoms with Crippen molar-refractivity contribution < 1.29 is 9.21 Å². The van der Waals surface area contributed by atoms with E-state index in [2.05, 4.69) is 12.2 Å². The van der Waals surface area contributed by atoms with Gasteiger partial charge in [-0.1, -0.05) is 32.3 Å². The van der Waals surface area contributed by atoms with Gasteiger partial charge in [0.25, 0.3) is 11.5 Å². The molecule has 2 heterocycles. The lowest BCUT2D eigenvalue weighted by Gasteiger charge is -2.03. The van der Waals surface area contributed by atoms with Gasteiger partial charge in [0.05, 0.1) is 6.54 Å². The van der Waals surface area contributed by atoms with Crippen LogP contribution in [0.2, 0.25) is 0 Å². The Kier molecular flexibility index (Phi) is 6.01. The topological polar surface area (TPSA) is 64.2 Å². The van der Waals surface area contributed by atoms with E-state index in [1.807, 2.05) is 0 Å². The first-order valence-electron chi connectivity index (χ1n) is 7.73. The number of aromatic nitrogens is 1. The summed E-state index contributed by atoms with van der Waals surface area (Å²) < 4.78 is 7.04. The normalized spacial score (nSPS) is 10.6. The maximum absolute atomic E-state index is 11.9. The van der Waals surface area contributed by atoms with E-state index in [0.29, 0.717) is 18.8 Å². The average Bonchev–Trinajstić information content (AvgIpc) is 2.98. The fourth-order valence-corrected chi connectivity index (χ4v) is 2.18. The van der Waals surface area contributed by atoms with Gasteiger partial charge in [-0.15, -0.1) is 0 Å². The minimum Gasteiger partial charge on any atom is -0.454 e. The fourth-order valence-electron chi connectivity index (χ4n) is 2.18. The van der Waals surface area contributed by atoms with Gasteiger partial charge < -0.3 is 14.3 Å². The molecule has 0 bridgehead atoms. The molecule has 5 nitrogen and oxygen atoms in total. The van der Waals surface area contributed by atoms with E-state index in [4.69, 9.17) is 4.42 Å². The highest BCUT2D eigenvalue weighted by atomic mass is 16.4. The Morgan fingerprint density at radius 3 is 2.82 bits per heavy atom. The van der Waals surface area contributed by atoms with Crippen molar-refractivity contribution in [3.63, 3.8) is 0 Å². The number of nitrogens with one attached hydrogen (secondary N) is 1. The third-order valence-electron chi connectivity index (χ3n) is 3.43. The summed E-state index contributed by atoms with van der Waals surface area (Å²) in [6.45, 7) is 3.14. The molecule has 0 radical (unpaired) electrons. The first-order valence-corrected chi connectivity index (χ1v) is 7.73. The number of unbranched alkanes of at least 4 members (excludes halogenated alkanes) is 3. The Labute approximate surface area is 130 Å². The zero-order valence-electron chi connectivity index (χ0n) is 12.9. The van der Waals surface area contributed by atoms with Gasteiger partial charge in [-0.05, 0) is 24.6 Å². The average molecular weight is 302 g/mol. The van der Waals surface area contributed by atoms with Gasteiger partial charge >= 0.3 is 0 Å². The van der Waals surface area contributed by atoms with Gasteiger partial charge in [-0.25, -0.2) is 0 Å². The molecule has 0 aromatic carbocycles. The summed E-state index contributed by atoms with van der Waals surface area (Å²) in [6, 6.07) is 8.34. The van der Waals surface area contributed by atoms with E-state index in [9.17, 15) is 9.59 Å². The van der Waals surface area contributed by atoms with Crippen molar-refractivity contribution >= 4 is 5.91 Å². The molecule has 1 amide bonds. The lowest BCUT2D eigenvalue weighted by molar-refractivity contribution is 0.0923. The van der Waals surface area contributed by atoms with Gasteiger partial charge in [0, 0.05) is 18.8 Å². The minimum atomic E-state index is -0.205. The number of hydrogen-bond acceptors (Lipinski definition) is 3. The summed E-state index contributed by atoms with van der Waals surface area (Å²) in [5, 5.41) is 2.85. The number of rotatable bonds is 8. The second kappa shape index (κ2) is 8.22. The highest BCUT2D eigenvalue weighted by Crippen LogP contribution is 2.09. The van der Waals surface area contributed by atoms with E-state index in [1.165, 1.54) is 23.5 Å². The molecule has 0 aliphatic heterocycles. The second-order valence-electron chi connectivity index (χ2n) is 5.25. The summed E-state index contributed by atoms with van der Waals surface area (Å²) in [5.74, 6) is 0.669. The van der Waals surface area contributed by atoms with Gasteiger partial charge in [-0.3, -0.25) is 9.59 Å². The molecule has 0 atom stereocenters. The molecule has 1 N–H and O–H groups in total. The number of pyridine rings is 1. The number of carbonyl (C=O) groups excluding carboxylic acids is 1. The Bertz CT molecular complexity index is 658. The summed E-state index contributed by atoms with van der Waals surface area (Å²) in [5.41, 5.74) is -0.0965. The van der Waals surface area contributed by atoms with Crippen molar-refractivity contribution in [1.29, 1.82) is 0 Å². The Morgan fingerprint density at radius 1 is 1.18 bits per heavy atom. The van der Waals surface area contributed by atoms with Crippen molar-refractivity contribution in [2.45, 2.75) is 39.2 Å². The van der Waals surface area contributed by atoms with E-state index in [0.717, 1.165) is 12.8 Å². The van der Waals surface area contributed by atoms with Crippen LogP contribution in [-0.2, 0) is 6.54 Å². The predicted molar refractivity (Wildman–Crippen MR) is 85.0 cm³/mol. The van der Waals surface area contributed by atoms with Crippen LogP contribution in [0, 0.1) is 0 Å². The molecule has 5 heteroatoms. The monoisotopic (exact) mass is 302 g/mol. The molecule has 2 rings (SSSR count). The van der Waals surface area contributed by atoms with Crippen LogP contribution in [-0.4, -0.2) is 17.0 Å². The smallest absolute Gasteiger partial charge is 0.286 e. The van der Waals surface area contributed by atoms with Crippen LogP contribution in [0.15, 0.2) is 45.7 Å². The molecule has 0 spiro atoms. The quantitative estimate of drug-likeness (QED) is 0.763. The fraction of sp³-hybridized carbons (Fsp3) is 0.412. The van der Waals surface area contributed by atoms with Crippen molar-refractivity contribution in [1.82, 2.24) is 9.88 Å². The zero-order chi connectivity index (χ0) is 15.8. The molecule has 0 unspecified atom stereocenters. The van der Waals surface area contributed by atoms with Crippen molar-refractivity contribution in [2.75, 3.05) is 6.54 Å². The molecular weight excluding hydrogens is 280 g/mol. The number of hydrogen-bond donors (Lipinski definition) is 1. The highest BCUT2D eigenvalue weighted by Gasteiger charge is 2.11. The predicted octanol–water partition coefficient (Wildman–Crippen LogP) is 2.80. The molecule has 22 heavy (non-hydrogen) atoms. The van der Waals surface area contributed by atoms with E-state index in [-0.39, 0.29) is 17.2 Å². The van der Waals surface area contributed by atoms with E-state index < -0.39 is 0 Å². The molecule has 0 fully saturated rings. The van der Waals surface area contributed by atoms with Crippen LogP contribution >= 0.6 is 0 Å². The van der Waals surface area contributed by atoms with Crippen LogP contribution in [0.25, 0.3) is 0 Å². The van der Waals surface area contributed by atoms with E-state index in [1.54, 1.807) is 30.5 Å². The van der Waals surface area contributed by atoms with Crippen LogP contribution < -0.4 is 10.9 Å². The molecular formula is C17H22N2O3. The summed E-state index contributed by atoms with van der Waals surface area (Å²) in [4.78, 5) is 23.6. The third kappa shape index (κ3) is 4.62. The number of amides is 1. The molecule has 2 aromatic heterocycles. The van der Waals surface area contributed by atoms with Crippen LogP contribution in [0.1, 0.15) is 48.9 Å². The molecule has 0 saturated carbocycles. The summed E-state index contributed by atoms with van der Waals surface area (Å²) in [7, 11) is 0. The second-order valence-corrected chi connectivity index (χ2v) is 5.25. The van der Waals surface area contributed by atoms with Gasteiger partial charge in [-0.2, -0.15) is 0 Å². The first-order chi connectivity index (χ1) is 10.7. The largest absolute Gasteiger partial charge is 0.454 e. The highest BCUT2D eigenvalue weighted by molar-refractivity contribution is 5.91. The standard InChI is InChI=1S/C17H22N2O3/c1-2-3-4-6-11-18-17(21)15-10-9-14(22-15)13-19-12-7-5-8-16(19)20/h5,7-10,12H,2-4,6,11,13H2,1H3,(H,18,21). The number of carbonyl (C=O) groups is 1.